The van der Waals surface area contributed by atoms with Gasteiger partial charge in [-0.3, -0.25) is 4.98 Å². The van der Waals surface area contributed by atoms with Gasteiger partial charge in [-0.2, -0.15) is 0 Å². The van der Waals surface area contributed by atoms with E-state index in [1.165, 1.54) is 0 Å². The van der Waals surface area contributed by atoms with Gasteiger partial charge in [-0.25, -0.2) is 0 Å². The zero-order valence-corrected chi connectivity index (χ0v) is 7.33. The summed E-state index contributed by atoms with van der Waals surface area (Å²) in [4.78, 5) is 4.10. The van der Waals surface area contributed by atoms with Crippen molar-refractivity contribution >= 4 is 0 Å². The van der Waals surface area contributed by atoms with Crippen LogP contribution in [-0.2, 0) is 0 Å². The van der Waals surface area contributed by atoms with Crippen LogP contribution in [0.2, 0.25) is 0 Å². The van der Waals surface area contributed by atoms with Crippen molar-refractivity contribution in [3.63, 3.8) is 0 Å². The second-order valence-corrected chi connectivity index (χ2v) is 2.86. The summed E-state index contributed by atoms with van der Waals surface area (Å²) in [5.41, 5.74) is 8.01. The van der Waals surface area contributed by atoms with Crippen LogP contribution in [0.3, 0.4) is 0 Å². The molecule has 0 aliphatic rings. The van der Waals surface area contributed by atoms with Crippen molar-refractivity contribution in [3.8, 4) is 0 Å². The Kier molecular flexibility index (Phi) is 3.00. The minimum atomic E-state index is 0.0594. The Bertz CT molecular complexity index is 268. The Balaban J connectivity index is 2.80. The molecule has 0 radical (unpaired) electrons. The van der Waals surface area contributed by atoms with Gasteiger partial charge in [0, 0.05) is 17.9 Å². The molecule has 1 aromatic heterocycles. The average molecular weight is 162 g/mol. The maximum Gasteiger partial charge on any atom is 0.0375 e. The quantitative estimate of drug-likeness (QED) is 0.690. The average Bonchev–Trinajstić information content (AvgIpc) is 2.05. The highest BCUT2D eigenvalue weighted by atomic mass is 14.7. The molecule has 1 rings (SSSR count). The van der Waals surface area contributed by atoms with E-state index in [2.05, 4.69) is 11.6 Å². The van der Waals surface area contributed by atoms with Crippen LogP contribution in [0.5, 0.6) is 0 Å². The Morgan fingerprint density at radius 3 is 3.08 bits per heavy atom. The van der Waals surface area contributed by atoms with Crippen molar-refractivity contribution in [1.29, 1.82) is 0 Å². The molecule has 0 fully saturated rings. The number of hydrogen-bond acceptors (Lipinski definition) is 2. The molecule has 2 heteroatoms. The van der Waals surface area contributed by atoms with E-state index in [1.807, 2.05) is 25.1 Å². The van der Waals surface area contributed by atoms with E-state index in [4.69, 9.17) is 5.73 Å². The fourth-order valence-electron chi connectivity index (χ4n) is 1.11. The number of aryl methyl sites for hydroxylation is 1. The Labute approximate surface area is 73.1 Å². The second kappa shape index (κ2) is 4.02. The first kappa shape index (κ1) is 8.94. The van der Waals surface area contributed by atoms with Gasteiger partial charge in [0.2, 0.25) is 0 Å². The van der Waals surface area contributed by atoms with E-state index in [9.17, 15) is 0 Å². The van der Waals surface area contributed by atoms with Crippen LogP contribution < -0.4 is 5.73 Å². The summed E-state index contributed by atoms with van der Waals surface area (Å²) >= 11 is 0. The van der Waals surface area contributed by atoms with E-state index in [0.29, 0.717) is 0 Å². The molecule has 2 nitrogen and oxygen atoms in total. The van der Waals surface area contributed by atoms with Gasteiger partial charge in [0.1, 0.15) is 0 Å². The molecule has 0 aliphatic carbocycles. The first-order valence-electron chi connectivity index (χ1n) is 4.03. The summed E-state index contributed by atoms with van der Waals surface area (Å²) < 4.78 is 0. The highest BCUT2D eigenvalue weighted by Crippen LogP contribution is 2.13. The number of rotatable bonds is 3. The topological polar surface area (TPSA) is 38.9 Å². The third-order valence-electron chi connectivity index (χ3n) is 1.77. The number of nitrogens with two attached hydrogens (primary N) is 1. The summed E-state index contributed by atoms with van der Waals surface area (Å²) in [7, 11) is 0. The van der Waals surface area contributed by atoms with Crippen LogP contribution >= 0.6 is 0 Å². The largest absolute Gasteiger partial charge is 0.324 e. The molecule has 64 valence electrons. The van der Waals surface area contributed by atoms with Crippen molar-refractivity contribution in [3.05, 3.63) is 42.2 Å². The van der Waals surface area contributed by atoms with Crippen molar-refractivity contribution in [2.24, 2.45) is 5.73 Å². The van der Waals surface area contributed by atoms with Gasteiger partial charge in [-0.15, -0.1) is 6.58 Å². The van der Waals surface area contributed by atoms with Crippen LogP contribution in [0, 0.1) is 6.92 Å². The molecule has 1 atom stereocenters. The number of pyridine rings is 1. The normalized spacial score (nSPS) is 12.5. The highest BCUT2D eigenvalue weighted by Gasteiger charge is 2.02. The molecule has 0 unspecified atom stereocenters. The van der Waals surface area contributed by atoms with Crippen molar-refractivity contribution in [2.45, 2.75) is 19.4 Å². The number of hydrogen-bond donors (Lipinski definition) is 1. The predicted octanol–water partition coefficient (Wildman–Crippen LogP) is 1.97. The SMILES string of the molecule is C=CC[C@H](N)c1ccnc(C)c1. The Hall–Kier alpha value is -1.15. The molecule has 0 aromatic carbocycles. The zero-order chi connectivity index (χ0) is 8.97. The molecule has 12 heavy (non-hydrogen) atoms. The fraction of sp³-hybridized carbons (Fsp3) is 0.300. The van der Waals surface area contributed by atoms with Crippen molar-refractivity contribution in [1.82, 2.24) is 4.98 Å². The van der Waals surface area contributed by atoms with Crippen LogP contribution in [-0.4, -0.2) is 4.98 Å². The molecular formula is C10H14N2. The first-order chi connectivity index (χ1) is 5.74. The fourth-order valence-corrected chi connectivity index (χ4v) is 1.11. The molecule has 1 heterocycles. The highest BCUT2D eigenvalue weighted by molar-refractivity contribution is 5.19. The molecule has 0 bridgehead atoms. The lowest BCUT2D eigenvalue weighted by molar-refractivity contribution is 0.738. The van der Waals surface area contributed by atoms with Gasteiger partial charge in [-0.05, 0) is 31.0 Å². The molecule has 0 saturated heterocycles. The number of aromatic nitrogens is 1. The maximum atomic E-state index is 5.88. The standard InChI is InChI=1S/C10H14N2/c1-3-4-10(11)9-5-6-12-8(2)7-9/h3,5-7,10H,1,4,11H2,2H3/t10-/m0/s1. The summed E-state index contributed by atoms with van der Waals surface area (Å²) in [6.45, 7) is 5.62. The molecule has 0 spiro atoms. The van der Waals surface area contributed by atoms with Crippen LogP contribution in [0.25, 0.3) is 0 Å². The smallest absolute Gasteiger partial charge is 0.0375 e. The van der Waals surface area contributed by atoms with E-state index < -0.39 is 0 Å². The minimum absolute atomic E-state index is 0.0594. The summed E-state index contributed by atoms with van der Waals surface area (Å²) in [6, 6.07) is 4.01. The lowest BCUT2D eigenvalue weighted by Crippen LogP contribution is -2.09. The Morgan fingerprint density at radius 1 is 1.75 bits per heavy atom. The molecule has 2 N–H and O–H groups in total. The van der Waals surface area contributed by atoms with E-state index >= 15 is 0 Å². The lowest BCUT2D eigenvalue weighted by Gasteiger charge is -2.08. The Morgan fingerprint density at radius 2 is 2.50 bits per heavy atom. The monoisotopic (exact) mass is 162 g/mol. The van der Waals surface area contributed by atoms with Gasteiger partial charge >= 0.3 is 0 Å². The molecule has 0 saturated carbocycles. The third kappa shape index (κ3) is 2.17. The lowest BCUT2D eigenvalue weighted by atomic mass is 10.1. The first-order valence-corrected chi connectivity index (χ1v) is 4.03. The van der Waals surface area contributed by atoms with Crippen LogP contribution in [0.1, 0.15) is 23.7 Å². The van der Waals surface area contributed by atoms with Gasteiger partial charge in [0.15, 0.2) is 0 Å². The number of nitrogens with zero attached hydrogens (tertiary/aromatic N) is 1. The summed E-state index contributed by atoms with van der Waals surface area (Å²) in [5.74, 6) is 0. The van der Waals surface area contributed by atoms with Gasteiger partial charge in [0.25, 0.3) is 0 Å². The van der Waals surface area contributed by atoms with Gasteiger partial charge < -0.3 is 5.73 Å². The van der Waals surface area contributed by atoms with E-state index in [0.717, 1.165) is 17.7 Å². The molecule has 0 amide bonds. The summed E-state index contributed by atoms with van der Waals surface area (Å²) in [6.07, 6.45) is 4.43. The predicted molar refractivity (Wildman–Crippen MR) is 50.7 cm³/mol. The maximum absolute atomic E-state index is 5.88. The van der Waals surface area contributed by atoms with Gasteiger partial charge in [-0.1, -0.05) is 6.08 Å². The van der Waals surface area contributed by atoms with E-state index in [-0.39, 0.29) is 6.04 Å². The zero-order valence-electron chi connectivity index (χ0n) is 7.33. The molecule has 1 aromatic rings. The van der Waals surface area contributed by atoms with Crippen LogP contribution in [0.4, 0.5) is 0 Å². The van der Waals surface area contributed by atoms with Crippen molar-refractivity contribution < 1.29 is 0 Å². The molecule has 0 aliphatic heterocycles. The minimum Gasteiger partial charge on any atom is -0.324 e. The van der Waals surface area contributed by atoms with Crippen LogP contribution in [0.15, 0.2) is 31.0 Å². The van der Waals surface area contributed by atoms with Crippen molar-refractivity contribution in [2.75, 3.05) is 0 Å². The molecular weight excluding hydrogens is 148 g/mol. The van der Waals surface area contributed by atoms with Gasteiger partial charge in [0.05, 0.1) is 0 Å². The van der Waals surface area contributed by atoms with E-state index in [1.54, 1.807) is 6.20 Å². The summed E-state index contributed by atoms with van der Waals surface area (Å²) in [5, 5.41) is 0. The third-order valence-corrected chi connectivity index (χ3v) is 1.77. The second-order valence-electron chi connectivity index (χ2n) is 2.86.